The molecule has 0 atom stereocenters. The summed E-state index contributed by atoms with van der Waals surface area (Å²) in [6, 6.07) is 7.11. The lowest BCUT2D eigenvalue weighted by atomic mass is 10.2. The number of aromatic nitrogens is 2. The minimum atomic E-state index is -0.213. The number of carbonyl (C=O) groups is 1. The number of pyridine rings is 2. The molecule has 1 amide bonds. The average molecular weight is 256 g/mol. The molecule has 5 nitrogen and oxygen atoms in total. The molecule has 0 saturated carbocycles. The quantitative estimate of drug-likeness (QED) is 0.877. The molecule has 3 N–H and O–H groups in total. The third-order valence-electron chi connectivity index (χ3n) is 2.63. The highest BCUT2D eigenvalue weighted by molar-refractivity contribution is 6.03. The third kappa shape index (κ3) is 3.35. The molecular weight excluding hydrogens is 240 g/mol. The van der Waals surface area contributed by atoms with Crippen LogP contribution in [0, 0.1) is 13.8 Å². The summed E-state index contributed by atoms with van der Waals surface area (Å²) in [5.74, 6) is 0.336. The van der Waals surface area contributed by atoms with Crippen molar-refractivity contribution in [3.05, 3.63) is 53.0 Å². The van der Waals surface area contributed by atoms with E-state index >= 15 is 0 Å². The van der Waals surface area contributed by atoms with E-state index in [4.69, 9.17) is 5.73 Å². The van der Waals surface area contributed by atoms with Crippen molar-refractivity contribution in [3.63, 3.8) is 0 Å². The van der Waals surface area contributed by atoms with Crippen LogP contribution in [-0.2, 0) is 6.54 Å². The second-order valence-corrected chi connectivity index (χ2v) is 4.37. The van der Waals surface area contributed by atoms with Crippen molar-refractivity contribution in [1.29, 1.82) is 0 Å². The smallest absolute Gasteiger partial charge is 0.256 e. The number of hydrogen-bond acceptors (Lipinski definition) is 4. The number of nitrogens with one attached hydrogen (secondary N) is 1. The Hall–Kier alpha value is -2.27. The third-order valence-corrected chi connectivity index (χ3v) is 2.63. The lowest BCUT2D eigenvalue weighted by molar-refractivity contribution is 0.102. The number of amides is 1. The van der Waals surface area contributed by atoms with Gasteiger partial charge in [0.05, 0.1) is 5.69 Å². The van der Waals surface area contributed by atoms with Crippen molar-refractivity contribution in [1.82, 2.24) is 9.97 Å². The summed E-state index contributed by atoms with van der Waals surface area (Å²) in [4.78, 5) is 20.4. The van der Waals surface area contributed by atoms with E-state index in [0.717, 1.165) is 11.3 Å². The van der Waals surface area contributed by atoms with Gasteiger partial charge in [-0.1, -0.05) is 0 Å². The van der Waals surface area contributed by atoms with E-state index in [0.29, 0.717) is 23.6 Å². The Morgan fingerprint density at radius 3 is 2.79 bits per heavy atom. The normalized spacial score (nSPS) is 10.3. The van der Waals surface area contributed by atoms with E-state index in [-0.39, 0.29) is 5.91 Å². The Bertz CT molecular complexity index is 590. The number of anilines is 1. The summed E-state index contributed by atoms with van der Waals surface area (Å²) in [6.45, 7) is 4.16. The van der Waals surface area contributed by atoms with E-state index in [1.807, 2.05) is 26.0 Å². The van der Waals surface area contributed by atoms with Crippen LogP contribution in [0.3, 0.4) is 0 Å². The number of rotatable bonds is 3. The van der Waals surface area contributed by atoms with Crippen molar-refractivity contribution < 1.29 is 4.79 Å². The second-order valence-electron chi connectivity index (χ2n) is 4.37. The van der Waals surface area contributed by atoms with Crippen LogP contribution < -0.4 is 11.1 Å². The highest BCUT2D eigenvalue weighted by atomic mass is 16.1. The molecule has 5 heteroatoms. The Balaban J connectivity index is 2.20. The van der Waals surface area contributed by atoms with E-state index < -0.39 is 0 Å². The fourth-order valence-corrected chi connectivity index (χ4v) is 1.82. The monoisotopic (exact) mass is 256 g/mol. The number of hydrogen-bond donors (Lipinski definition) is 2. The lowest BCUT2D eigenvalue weighted by Gasteiger charge is -2.07. The summed E-state index contributed by atoms with van der Waals surface area (Å²) in [6.07, 6.45) is 1.58. The van der Waals surface area contributed by atoms with Crippen LogP contribution in [0.5, 0.6) is 0 Å². The van der Waals surface area contributed by atoms with Crippen LogP contribution in [0.25, 0.3) is 0 Å². The fourth-order valence-electron chi connectivity index (χ4n) is 1.82. The Morgan fingerprint density at radius 1 is 1.32 bits per heavy atom. The molecular formula is C14H16N4O. The zero-order valence-corrected chi connectivity index (χ0v) is 11.0. The molecule has 0 aliphatic carbocycles. The molecule has 2 aromatic heterocycles. The van der Waals surface area contributed by atoms with Crippen LogP contribution in [0.2, 0.25) is 0 Å². The van der Waals surface area contributed by atoms with Gasteiger partial charge in [0.1, 0.15) is 5.82 Å². The van der Waals surface area contributed by atoms with Gasteiger partial charge in [0.25, 0.3) is 5.91 Å². The first kappa shape index (κ1) is 13.2. The number of nitrogens with two attached hydrogens (primary N) is 1. The zero-order chi connectivity index (χ0) is 13.8. The Kier molecular flexibility index (Phi) is 3.87. The molecule has 2 heterocycles. The van der Waals surface area contributed by atoms with Crippen molar-refractivity contribution in [3.8, 4) is 0 Å². The van der Waals surface area contributed by atoms with Gasteiger partial charge in [0.15, 0.2) is 0 Å². The first-order valence-electron chi connectivity index (χ1n) is 6.00. The molecule has 0 aliphatic rings. The van der Waals surface area contributed by atoms with Gasteiger partial charge in [0, 0.05) is 24.0 Å². The summed E-state index contributed by atoms with van der Waals surface area (Å²) >= 11 is 0. The predicted octanol–water partition coefficient (Wildman–Crippen LogP) is 1.80. The molecule has 19 heavy (non-hydrogen) atoms. The molecule has 0 saturated heterocycles. The standard InChI is InChI=1S/C14H16N4O/c1-9-5-10(2)17-13(6-9)18-14(19)11-3-4-16-12(7-11)8-15/h3-7H,8,15H2,1-2H3,(H,17,18,19). The predicted molar refractivity (Wildman–Crippen MR) is 73.8 cm³/mol. The molecule has 2 rings (SSSR count). The van der Waals surface area contributed by atoms with E-state index in [2.05, 4.69) is 15.3 Å². The van der Waals surface area contributed by atoms with Gasteiger partial charge in [-0.05, 0) is 43.7 Å². The Morgan fingerprint density at radius 2 is 2.11 bits per heavy atom. The maximum atomic E-state index is 12.1. The van der Waals surface area contributed by atoms with E-state index in [1.54, 1.807) is 18.3 Å². The summed E-state index contributed by atoms with van der Waals surface area (Å²) < 4.78 is 0. The minimum Gasteiger partial charge on any atom is -0.325 e. The van der Waals surface area contributed by atoms with Crippen molar-refractivity contribution in [2.75, 3.05) is 5.32 Å². The minimum absolute atomic E-state index is 0.213. The second kappa shape index (κ2) is 5.58. The van der Waals surface area contributed by atoms with Crippen LogP contribution in [-0.4, -0.2) is 15.9 Å². The van der Waals surface area contributed by atoms with Crippen molar-refractivity contribution >= 4 is 11.7 Å². The lowest BCUT2D eigenvalue weighted by Crippen LogP contribution is -2.14. The SMILES string of the molecule is Cc1cc(C)nc(NC(=O)c2ccnc(CN)c2)c1. The van der Waals surface area contributed by atoms with Crippen LogP contribution in [0.15, 0.2) is 30.5 Å². The molecule has 98 valence electrons. The zero-order valence-electron chi connectivity index (χ0n) is 11.0. The molecule has 0 radical (unpaired) electrons. The van der Waals surface area contributed by atoms with Crippen molar-refractivity contribution in [2.24, 2.45) is 5.73 Å². The van der Waals surface area contributed by atoms with E-state index in [9.17, 15) is 4.79 Å². The first-order valence-corrected chi connectivity index (χ1v) is 6.00. The van der Waals surface area contributed by atoms with Gasteiger partial charge >= 0.3 is 0 Å². The highest BCUT2D eigenvalue weighted by Crippen LogP contribution is 2.11. The fraction of sp³-hybridized carbons (Fsp3) is 0.214. The number of carbonyl (C=O) groups excluding carboxylic acids is 1. The van der Waals surface area contributed by atoms with Crippen LogP contribution in [0.4, 0.5) is 5.82 Å². The van der Waals surface area contributed by atoms with Gasteiger partial charge in [-0.15, -0.1) is 0 Å². The Labute approximate surface area is 111 Å². The number of nitrogens with zero attached hydrogens (tertiary/aromatic N) is 2. The van der Waals surface area contributed by atoms with Crippen LogP contribution >= 0.6 is 0 Å². The molecule has 0 spiro atoms. The molecule has 0 aliphatic heterocycles. The molecule has 0 fully saturated rings. The highest BCUT2D eigenvalue weighted by Gasteiger charge is 2.08. The summed E-state index contributed by atoms with van der Waals surface area (Å²) in [7, 11) is 0. The maximum absolute atomic E-state index is 12.1. The summed E-state index contributed by atoms with van der Waals surface area (Å²) in [5, 5.41) is 2.77. The van der Waals surface area contributed by atoms with Gasteiger partial charge in [0.2, 0.25) is 0 Å². The average Bonchev–Trinajstić information content (AvgIpc) is 2.37. The number of aryl methyl sites for hydroxylation is 2. The van der Waals surface area contributed by atoms with Crippen LogP contribution in [0.1, 0.15) is 27.3 Å². The molecule has 0 aromatic carbocycles. The summed E-state index contributed by atoms with van der Waals surface area (Å²) in [5.41, 5.74) is 8.63. The van der Waals surface area contributed by atoms with Gasteiger partial charge < -0.3 is 11.1 Å². The molecule has 2 aromatic rings. The van der Waals surface area contributed by atoms with Gasteiger partial charge in [-0.3, -0.25) is 9.78 Å². The first-order chi connectivity index (χ1) is 9.08. The van der Waals surface area contributed by atoms with Gasteiger partial charge in [-0.2, -0.15) is 0 Å². The maximum Gasteiger partial charge on any atom is 0.256 e. The largest absolute Gasteiger partial charge is 0.325 e. The van der Waals surface area contributed by atoms with Crippen molar-refractivity contribution in [2.45, 2.75) is 20.4 Å². The molecule has 0 bridgehead atoms. The van der Waals surface area contributed by atoms with E-state index in [1.165, 1.54) is 0 Å². The van der Waals surface area contributed by atoms with Gasteiger partial charge in [-0.25, -0.2) is 4.98 Å². The molecule has 0 unspecified atom stereocenters. The topological polar surface area (TPSA) is 80.9 Å².